The van der Waals surface area contributed by atoms with Crippen molar-refractivity contribution in [1.82, 2.24) is 0 Å². The first-order valence-corrected chi connectivity index (χ1v) is 7.27. The summed E-state index contributed by atoms with van der Waals surface area (Å²) < 4.78 is 0. The highest BCUT2D eigenvalue weighted by Crippen LogP contribution is 2.28. The Morgan fingerprint density at radius 1 is 1.33 bits per heavy atom. The number of nitrogens with zero attached hydrogens (tertiary/aromatic N) is 1. The molecule has 6 heteroatoms. The minimum absolute atomic E-state index is 0.278. The molecular formula is C15H20N2O4. The third-order valence-electron chi connectivity index (χ3n) is 4.14. The number of carbonyl (C=O) groups is 1. The van der Waals surface area contributed by atoms with Crippen LogP contribution in [0.5, 0.6) is 0 Å². The molecule has 1 aromatic carbocycles. The van der Waals surface area contributed by atoms with Crippen LogP contribution in [0.3, 0.4) is 0 Å². The SMILES string of the molecule is CC1CCCCCC1Nc1ccc(C(=O)O)c([N+](=O)[O-])c1. The van der Waals surface area contributed by atoms with Gasteiger partial charge in [0, 0.05) is 17.8 Å². The first-order valence-electron chi connectivity index (χ1n) is 7.27. The predicted octanol–water partition coefficient (Wildman–Crippen LogP) is 3.67. The van der Waals surface area contributed by atoms with Gasteiger partial charge in [0.1, 0.15) is 5.56 Å². The van der Waals surface area contributed by atoms with Crippen LogP contribution in [0.15, 0.2) is 18.2 Å². The van der Waals surface area contributed by atoms with Crippen molar-refractivity contribution in [3.05, 3.63) is 33.9 Å². The lowest BCUT2D eigenvalue weighted by atomic mass is 9.96. The number of rotatable bonds is 4. The smallest absolute Gasteiger partial charge is 0.342 e. The Hall–Kier alpha value is -2.11. The maximum absolute atomic E-state index is 11.0. The van der Waals surface area contributed by atoms with E-state index in [-0.39, 0.29) is 17.3 Å². The van der Waals surface area contributed by atoms with Crippen LogP contribution in [-0.4, -0.2) is 22.0 Å². The van der Waals surface area contributed by atoms with Gasteiger partial charge in [-0.05, 0) is 30.9 Å². The fourth-order valence-electron chi connectivity index (χ4n) is 2.87. The quantitative estimate of drug-likeness (QED) is 0.501. The van der Waals surface area contributed by atoms with Crippen molar-refractivity contribution in [2.24, 2.45) is 5.92 Å². The van der Waals surface area contributed by atoms with E-state index in [1.165, 1.54) is 25.0 Å². The van der Waals surface area contributed by atoms with Gasteiger partial charge in [-0.15, -0.1) is 0 Å². The summed E-state index contributed by atoms with van der Waals surface area (Å²) >= 11 is 0. The monoisotopic (exact) mass is 292 g/mol. The molecular weight excluding hydrogens is 272 g/mol. The molecule has 0 aromatic heterocycles. The van der Waals surface area contributed by atoms with Gasteiger partial charge in [0.05, 0.1) is 4.92 Å². The number of carboxylic acids is 1. The zero-order chi connectivity index (χ0) is 15.4. The molecule has 1 aliphatic carbocycles. The molecule has 1 aliphatic rings. The number of nitro benzene ring substituents is 1. The lowest BCUT2D eigenvalue weighted by Crippen LogP contribution is -2.26. The van der Waals surface area contributed by atoms with Crippen molar-refractivity contribution in [3.8, 4) is 0 Å². The van der Waals surface area contributed by atoms with Crippen molar-refractivity contribution in [1.29, 1.82) is 0 Å². The van der Waals surface area contributed by atoms with E-state index in [0.717, 1.165) is 19.3 Å². The van der Waals surface area contributed by atoms with Crippen LogP contribution in [-0.2, 0) is 0 Å². The summed E-state index contributed by atoms with van der Waals surface area (Å²) in [5, 5.41) is 23.3. The van der Waals surface area contributed by atoms with Crippen LogP contribution in [0.1, 0.15) is 49.4 Å². The number of anilines is 1. The van der Waals surface area contributed by atoms with Crippen molar-refractivity contribution in [2.45, 2.75) is 45.1 Å². The number of nitro groups is 1. The zero-order valence-corrected chi connectivity index (χ0v) is 12.0. The third-order valence-corrected chi connectivity index (χ3v) is 4.14. The number of hydrogen-bond donors (Lipinski definition) is 2. The normalized spacial score (nSPS) is 22.3. The highest BCUT2D eigenvalue weighted by Gasteiger charge is 2.23. The summed E-state index contributed by atoms with van der Waals surface area (Å²) in [6.07, 6.45) is 5.78. The van der Waals surface area contributed by atoms with Crippen molar-refractivity contribution in [2.75, 3.05) is 5.32 Å². The molecule has 2 atom stereocenters. The standard InChI is InChI=1S/C15H20N2O4/c1-10-5-3-2-4-6-13(10)16-11-7-8-12(15(18)19)14(9-11)17(20)21/h7-10,13,16H,2-6H2,1H3,(H,18,19). The number of hydrogen-bond acceptors (Lipinski definition) is 4. The van der Waals surface area contributed by atoms with E-state index in [2.05, 4.69) is 12.2 Å². The average Bonchev–Trinajstić information content (AvgIpc) is 2.64. The molecule has 0 radical (unpaired) electrons. The lowest BCUT2D eigenvalue weighted by molar-refractivity contribution is -0.385. The third kappa shape index (κ3) is 3.71. The number of carboxylic acid groups (broad SMARTS) is 1. The fraction of sp³-hybridized carbons (Fsp3) is 0.533. The van der Waals surface area contributed by atoms with Gasteiger partial charge in [0.15, 0.2) is 0 Å². The molecule has 6 nitrogen and oxygen atoms in total. The Labute approximate surface area is 123 Å². The molecule has 2 rings (SSSR count). The molecule has 0 heterocycles. The molecule has 1 aromatic rings. The topological polar surface area (TPSA) is 92.5 Å². The number of aromatic carboxylic acids is 1. The average molecular weight is 292 g/mol. The van der Waals surface area contributed by atoms with Gasteiger partial charge < -0.3 is 10.4 Å². The minimum atomic E-state index is -1.28. The van der Waals surface area contributed by atoms with Crippen LogP contribution in [0, 0.1) is 16.0 Å². The maximum atomic E-state index is 11.0. The molecule has 21 heavy (non-hydrogen) atoms. The second kappa shape index (κ2) is 6.56. The van der Waals surface area contributed by atoms with Crippen LogP contribution >= 0.6 is 0 Å². The molecule has 114 valence electrons. The van der Waals surface area contributed by atoms with Crippen molar-refractivity contribution >= 4 is 17.3 Å². The van der Waals surface area contributed by atoms with Gasteiger partial charge in [0.2, 0.25) is 0 Å². The van der Waals surface area contributed by atoms with E-state index in [4.69, 9.17) is 5.11 Å². The molecule has 0 spiro atoms. The molecule has 0 saturated heterocycles. The molecule has 1 saturated carbocycles. The molecule has 1 fully saturated rings. The Kier molecular flexibility index (Phi) is 4.77. The lowest BCUT2D eigenvalue weighted by Gasteiger charge is -2.24. The highest BCUT2D eigenvalue weighted by molar-refractivity contribution is 5.93. The molecule has 2 N–H and O–H groups in total. The molecule has 0 amide bonds. The summed E-state index contributed by atoms with van der Waals surface area (Å²) in [6, 6.07) is 4.50. The Bertz CT molecular complexity index is 544. The minimum Gasteiger partial charge on any atom is -0.477 e. The van der Waals surface area contributed by atoms with Gasteiger partial charge in [-0.1, -0.05) is 26.2 Å². The number of benzene rings is 1. The van der Waals surface area contributed by atoms with Gasteiger partial charge >= 0.3 is 5.97 Å². The van der Waals surface area contributed by atoms with Crippen LogP contribution < -0.4 is 5.32 Å². The van der Waals surface area contributed by atoms with Crippen LogP contribution in [0.4, 0.5) is 11.4 Å². The van der Waals surface area contributed by atoms with E-state index < -0.39 is 10.9 Å². The Morgan fingerprint density at radius 2 is 2.05 bits per heavy atom. The molecule has 2 unspecified atom stereocenters. The Morgan fingerprint density at radius 3 is 2.71 bits per heavy atom. The van der Waals surface area contributed by atoms with Crippen LogP contribution in [0.2, 0.25) is 0 Å². The van der Waals surface area contributed by atoms with Crippen molar-refractivity contribution in [3.63, 3.8) is 0 Å². The first-order chi connectivity index (χ1) is 9.99. The summed E-state index contributed by atoms with van der Waals surface area (Å²) in [5.41, 5.74) is -0.0290. The predicted molar refractivity (Wildman–Crippen MR) is 79.7 cm³/mol. The van der Waals surface area contributed by atoms with E-state index in [1.54, 1.807) is 6.07 Å². The fourth-order valence-corrected chi connectivity index (χ4v) is 2.87. The summed E-state index contributed by atoms with van der Waals surface area (Å²) in [4.78, 5) is 21.4. The van der Waals surface area contributed by atoms with E-state index in [1.807, 2.05) is 0 Å². The van der Waals surface area contributed by atoms with Gasteiger partial charge in [-0.25, -0.2) is 4.79 Å². The molecule has 0 bridgehead atoms. The van der Waals surface area contributed by atoms with Crippen LogP contribution in [0.25, 0.3) is 0 Å². The van der Waals surface area contributed by atoms with Crippen molar-refractivity contribution < 1.29 is 14.8 Å². The van der Waals surface area contributed by atoms with E-state index >= 15 is 0 Å². The number of nitrogens with one attached hydrogen (secondary N) is 1. The van der Waals surface area contributed by atoms with Gasteiger partial charge in [-0.2, -0.15) is 0 Å². The largest absolute Gasteiger partial charge is 0.477 e. The molecule has 0 aliphatic heterocycles. The van der Waals surface area contributed by atoms with E-state index in [9.17, 15) is 14.9 Å². The highest BCUT2D eigenvalue weighted by atomic mass is 16.6. The second-order valence-electron chi connectivity index (χ2n) is 5.66. The zero-order valence-electron chi connectivity index (χ0n) is 12.0. The first kappa shape index (κ1) is 15.3. The van der Waals surface area contributed by atoms with Gasteiger partial charge in [0.25, 0.3) is 5.69 Å². The summed E-state index contributed by atoms with van der Waals surface area (Å²) in [7, 11) is 0. The maximum Gasteiger partial charge on any atom is 0.342 e. The summed E-state index contributed by atoms with van der Waals surface area (Å²) in [5.74, 6) is -0.776. The summed E-state index contributed by atoms with van der Waals surface area (Å²) in [6.45, 7) is 2.18. The van der Waals surface area contributed by atoms with Gasteiger partial charge in [-0.3, -0.25) is 10.1 Å². The Balaban J connectivity index is 2.22. The van der Waals surface area contributed by atoms with E-state index in [0.29, 0.717) is 11.6 Å². The second-order valence-corrected chi connectivity index (χ2v) is 5.66.